The quantitative estimate of drug-likeness (QED) is 0.748. The van der Waals surface area contributed by atoms with Gasteiger partial charge in [0.05, 0.1) is 0 Å². The van der Waals surface area contributed by atoms with Crippen LogP contribution in [-0.2, 0) is 14.3 Å². The number of rotatable bonds is 1. The highest BCUT2D eigenvalue weighted by Gasteiger charge is 2.66. The molecule has 2 heterocycles. The summed E-state index contributed by atoms with van der Waals surface area (Å²) in [6.07, 6.45) is 0.543. The van der Waals surface area contributed by atoms with Gasteiger partial charge in [-0.3, -0.25) is 4.90 Å². The van der Waals surface area contributed by atoms with E-state index in [4.69, 9.17) is 9.47 Å². The molecule has 2 atom stereocenters. The smallest absolute Gasteiger partial charge is 0.411 e. The van der Waals surface area contributed by atoms with Crippen LogP contribution in [0.15, 0.2) is 30.3 Å². The SMILES string of the molecule is CC(C)(C)OC(=O)N1CCC[C@]12C(=O)O[C@@H]2c1ccccc1. The summed E-state index contributed by atoms with van der Waals surface area (Å²) in [5.41, 5.74) is -0.571. The van der Waals surface area contributed by atoms with Crippen LogP contribution in [0.4, 0.5) is 4.79 Å². The third-order valence-corrected chi connectivity index (χ3v) is 4.15. The molecule has 1 spiro atoms. The molecule has 1 aromatic rings. The Balaban J connectivity index is 1.89. The van der Waals surface area contributed by atoms with Crippen LogP contribution in [-0.4, -0.2) is 34.6 Å². The number of carbonyl (C=O) groups is 2. The van der Waals surface area contributed by atoms with Crippen molar-refractivity contribution in [1.29, 1.82) is 0 Å². The number of hydrogen-bond acceptors (Lipinski definition) is 4. The van der Waals surface area contributed by atoms with Gasteiger partial charge in [-0.05, 0) is 39.2 Å². The molecule has 0 bridgehead atoms. The van der Waals surface area contributed by atoms with E-state index in [1.165, 1.54) is 0 Å². The van der Waals surface area contributed by atoms with Crippen molar-refractivity contribution < 1.29 is 19.1 Å². The van der Waals surface area contributed by atoms with E-state index < -0.39 is 23.3 Å². The lowest BCUT2D eigenvalue weighted by molar-refractivity contribution is -0.207. The average molecular weight is 303 g/mol. The van der Waals surface area contributed by atoms with E-state index >= 15 is 0 Å². The van der Waals surface area contributed by atoms with Gasteiger partial charge >= 0.3 is 12.1 Å². The maximum atomic E-state index is 12.5. The molecule has 2 aliphatic heterocycles. The lowest BCUT2D eigenvalue weighted by atomic mass is 9.80. The molecule has 1 amide bonds. The van der Waals surface area contributed by atoms with E-state index in [0.717, 1.165) is 12.0 Å². The zero-order chi connectivity index (χ0) is 16.0. The maximum absolute atomic E-state index is 12.5. The molecule has 2 saturated heterocycles. The van der Waals surface area contributed by atoms with Crippen LogP contribution < -0.4 is 0 Å². The van der Waals surface area contributed by atoms with Crippen LogP contribution in [0.2, 0.25) is 0 Å². The highest BCUT2D eigenvalue weighted by atomic mass is 16.6. The summed E-state index contributed by atoms with van der Waals surface area (Å²) >= 11 is 0. The topological polar surface area (TPSA) is 55.8 Å². The molecule has 0 aliphatic carbocycles. The summed E-state index contributed by atoms with van der Waals surface area (Å²) in [4.78, 5) is 26.3. The van der Waals surface area contributed by atoms with Crippen molar-refractivity contribution in [3.63, 3.8) is 0 Å². The van der Waals surface area contributed by atoms with E-state index in [9.17, 15) is 9.59 Å². The normalized spacial score (nSPS) is 27.5. The van der Waals surface area contributed by atoms with Gasteiger partial charge < -0.3 is 9.47 Å². The van der Waals surface area contributed by atoms with Gasteiger partial charge in [0.1, 0.15) is 5.60 Å². The molecular weight excluding hydrogens is 282 g/mol. The van der Waals surface area contributed by atoms with E-state index in [1.807, 2.05) is 51.1 Å². The monoisotopic (exact) mass is 303 g/mol. The van der Waals surface area contributed by atoms with Crippen molar-refractivity contribution in [3.05, 3.63) is 35.9 Å². The van der Waals surface area contributed by atoms with Gasteiger partial charge in [-0.25, -0.2) is 9.59 Å². The first kappa shape index (κ1) is 14.9. The third kappa shape index (κ3) is 2.25. The Labute approximate surface area is 130 Å². The van der Waals surface area contributed by atoms with Gasteiger partial charge in [0.15, 0.2) is 11.6 Å². The summed E-state index contributed by atoms with van der Waals surface area (Å²) in [5.74, 6) is -0.329. The van der Waals surface area contributed by atoms with Crippen molar-refractivity contribution >= 4 is 12.1 Å². The minimum atomic E-state index is -0.899. The van der Waals surface area contributed by atoms with Crippen LogP contribution in [0.25, 0.3) is 0 Å². The maximum Gasteiger partial charge on any atom is 0.411 e. The molecular formula is C17H21NO4. The Morgan fingerprint density at radius 3 is 2.59 bits per heavy atom. The number of likely N-dealkylation sites (tertiary alicyclic amines) is 1. The van der Waals surface area contributed by atoms with E-state index in [-0.39, 0.29) is 5.97 Å². The zero-order valence-corrected chi connectivity index (χ0v) is 13.2. The van der Waals surface area contributed by atoms with Gasteiger partial charge in [-0.2, -0.15) is 0 Å². The molecule has 0 radical (unpaired) electrons. The molecule has 0 aromatic heterocycles. The fraction of sp³-hybridized carbons (Fsp3) is 0.529. The van der Waals surface area contributed by atoms with Crippen molar-refractivity contribution in [1.82, 2.24) is 4.90 Å². The zero-order valence-electron chi connectivity index (χ0n) is 13.2. The first-order valence-corrected chi connectivity index (χ1v) is 7.61. The first-order chi connectivity index (χ1) is 10.3. The van der Waals surface area contributed by atoms with Crippen LogP contribution >= 0.6 is 0 Å². The van der Waals surface area contributed by atoms with Crippen molar-refractivity contribution in [2.45, 2.75) is 50.9 Å². The molecule has 5 nitrogen and oxygen atoms in total. The number of carbonyl (C=O) groups excluding carboxylic acids is 2. The third-order valence-electron chi connectivity index (χ3n) is 4.15. The first-order valence-electron chi connectivity index (χ1n) is 7.61. The highest BCUT2D eigenvalue weighted by molar-refractivity contribution is 5.92. The number of ether oxygens (including phenoxy) is 2. The van der Waals surface area contributed by atoms with Gasteiger partial charge in [-0.1, -0.05) is 30.3 Å². The average Bonchev–Trinajstić information content (AvgIpc) is 2.91. The summed E-state index contributed by atoms with van der Waals surface area (Å²) < 4.78 is 10.8. The molecule has 2 aliphatic rings. The van der Waals surface area contributed by atoms with Crippen molar-refractivity contribution in [3.8, 4) is 0 Å². The Morgan fingerprint density at radius 1 is 1.32 bits per heavy atom. The van der Waals surface area contributed by atoms with Gasteiger partial charge in [-0.15, -0.1) is 0 Å². The van der Waals surface area contributed by atoms with E-state index in [1.54, 1.807) is 4.90 Å². The molecule has 0 saturated carbocycles. The fourth-order valence-corrected chi connectivity index (χ4v) is 3.22. The minimum absolute atomic E-state index is 0.329. The molecule has 5 heteroatoms. The molecule has 0 unspecified atom stereocenters. The number of benzene rings is 1. The predicted molar refractivity (Wildman–Crippen MR) is 80.2 cm³/mol. The van der Waals surface area contributed by atoms with E-state index in [2.05, 4.69) is 0 Å². The fourth-order valence-electron chi connectivity index (χ4n) is 3.22. The number of hydrogen-bond donors (Lipinski definition) is 0. The molecule has 1 aromatic carbocycles. The highest BCUT2D eigenvalue weighted by Crippen LogP contribution is 2.51. The number of amides is 1. The summed E-state index contributed by atoms with van der Waals surface area (Å²) in [7, 11) is 0. The van der Waals surface area contributed by atoms with Crippen molar-refractivity contribution in [2.24, 2.45) is 0 Å². The van der Waals surface area contributed by atoms with Crippen LogP contribution in [0, 0.1) is 0 Å². The minimum Gasteiger partial charge on any atom is -0.452 e. The Bertz CT molecular complexity index is 592. The molecule has 22 heavy (non-hydrogen) atoms. The largest absolute Gasteiger partial charge is 0.452 e. The number of esters is 1. The lowest BCUT2D eigenvalue weighted by Crippen LogP contribution is -2.66. The lowest BCUT2D eigenvalue weighted by Gasteiger charge is -2.49. The van der Waals surface area contributed by atoms with Gasteiger partial charge in [0, 0.05) is 6.54 Å². The second-order valence-electron chi connectivity index (χ2n) is 6.86. The molecule has 0 N–H and O–H groups in total. The van der Waals surface area contributed by atoms with Gasteiger partial charge in [0.25, 0.3) is 0 Å². The van der Waals surface area contributed by atoms with Gasteiger partial charge in [0.2, 0.25) is 0 Å². The molecule has 118 valence electrons. The number of cyclic esters (lactones) is 1. The summed E-state index contributed by atoms with van der Waals surface area (Å²) in [5, 5.41) is 0. The summed E-state index contributed by atoms with van der Waals surface area (Å²) in [6.45, 7) is 5.98. The molecule has 3 rings (SSSR count). The second kappa shape index (κ2) is 5.00. The van der Waals surface area contributed by atoms with Crippen LogP contribution in [0.3, 0.4) is 0 Å². The number of nitrogens with zero attached hydrogens (tertiary/aromatic N) is 1. The van der Waals surface area contributed by atoms with Crippen LogP contribution in [0.5, 0.6) is 0 Å². The molecule has 2 fully saturated rings. The standard InChI is InChI=1S/C17H21NO4/c1-16(2,3)22-15(20)18-11-7-10-17(18)13(21-14(17)19)12-8-5-4-6-9-12/h4-6,8-9,13H,7,10-11H2,1-3H3/t13-,17+/m1/s1. The van der Waals surface area contributed by atoms with E-state index in [0.29, 0.717) is 13.0 Å². The van der Waals surface area contributed by atoms with Crippen molar-refractivity contribution in [2.75, 3.05) is 6.54 Å². The summed E-state index contributed by atoms with van der Waals surface area (Å²) in [6, 6.07) is 9.57. The Morgan fingerprint density at radius 2 is 2.00 bits per heavy atom. The Kier molecular flexibility index (Phi) is 3.38. The second-order valence-corrected chi connectivity index (χ2v) is 6.86. The Hall–Kier alpha value is -2.04. The predicted octanol–water partition coefficient (Wildman–Crippen LogP) is 3.05. The van der Waals surface area contributed by atoms with Crippen LogP contribution in [0.1, 0.15) is 45.3 Å².